The summed E-state index contributed by atoms with van der Waals surface area (Å²) >= 11 is 0. The Labute approximate surface area is 642 Å². The van der Waals surface area contributed by atoms with Crippen molar-refractivity contribution in [3.63, 3.8) is 0 Å². The molecule has 3 aromatic heterocycles. The van der Waals surface area contributed by atoms with Crippen LogP contribution < -0.4 is 9.80 Å². The van der Waals surface area contributed by atoms with Crippen molar-refractivity contribution in [1.29, 1.82) is 0 Å². The average Bonchev–Trinajstić information content (AvgIpc) is 1.10. The van der Waals surface area contributed by atoms with Crippen molar-refractivity contribution in [2.45, 2.75) is 84.5 Å². The van der Waals surface area contributed by atoms with Crippen molar-refractivity contribution in [2.75, 3.05) is 9.80 Å². The number of nitrogens with zero attached hydrogens (tertiary/aromatic N) is 4. The molecule has 0 N–H and O–H groups in total. The summed E-state index contributed by atoms with van der Waals surface area (Å²) in [5.41, 5.74) is 25.8. The van der Waals surface area contributed by atoms with Gasteiger partial charge in [-0.3, -0.25) is 0 Å². The molecular formula is C103H82N4O. The van der Waals surface area contributed by atoms with Crippen LogP contribution in [0.5, 0.6) is 0 Å². The number of anilines is 6. The molecule has 0 aliphatic carbocycles. The lowest BCUT2D eigenvalue weighted by molar-refractivity contribution is 0.569. The van der Waals surface area contributed by atoms with Crippen LogP contribution in [0.4, 0.5) is 34.1 Å². The Kier molecular flexibility index (Phi) is 12.8. The van der Waals surface area contributed by atoms with Crippen LogP contribution in [0.3, 0.4) is 0 Å². The molecule has 2 aliphatic rings. The molecule has 0 saturated carbocycles. The molecule has 18 aromatic rings. The van der Waals surface area contributed by atoms with Gasteiger partial charge in [0.2, 0.25) is 0 Å². The zero-order chi connectivity index (χ0) is 80.0. The predicted molar refractivity (Wildman–Crippen MR) is 456 cm³/mol. The molecule has 5 heterocycles. The van der Waals surface area contributed by atoms with Gasteiger partial charge in [-0.05, 0) is 162 Å². The summed E-state index contributed by atoms with van der Waals surface area (Å²) in [6.45, 7) is 20.6. The highest BCUT2D eigenvalue weighted by Crippen LogP contribution is 2.66. The molecule has 15 aromatic carbocycles. The largest absolute Gasteiger partial charge is 0.456 e. The lowest BCUT2D eigenvalue weighted by Crippen LogP contribution is -2.31. The third-order valence-corrected chi connectivity index (χ3v) is 22.5. The van der Waals surface area contributed by atoms with Gasteiger partial charge in [0, 0.05) is 77.4 Å². The maximum absolute atomic E-state index is 10.0. The van der Waals surface area contributed by atoms with E-state index in [1.807, 2.05) is 12.1 Å². The second-order valence-electron chi connectivity index (χ2n) is 32.2. The van der Waals surface area contributed by atoms with Gasteiger partial charge in [-0.2, -0.15) is 0 Å². The average molecular weight is 1400 g/mol. The zero-order valence-corrected chi connectivity index (χ0v) is 61.8. The van der Waals surface area contributed by atoms with Crippen LogP contribution >= 0.6 is 0 Å². The standard InChI is InChI=1S/C103H82N4O/c1-101(2,3)70-55-69(56-71(58-70)102(4,5)6)68-51-54-86-82(57-68)95-78-53-52-74(105-83-47-29-25-43-75(83)76-44-26-30-48-84(76)105)61-87(78)107(99-80(64-33-15-10-16-34-64)62-90-96(93(99)66-37-19-12-20-38-66)77-45-27-31-49-85(77)104(90)73-41-23-14-24-42-73)89-60-72(103(7,8)9)59-88(98(89)95)106(86)100-81(65-35-17-11-18-36-65)63-92-97(79-46-28-32-50-91(79)108-92)94(100)67-39-21-13-22-40-67/h10-63,95H,1-9H3/i25D,26D,29D,30D,43D,44D,47D,48D. The van der Waals surface area contributed by atoms with Gasteiger partial charge in [-0.15, -0.1) is 0 Å². The van der Waals surface area contributed by atoms with Gasteiger partial charge < -0.3 is 23.4 Å². The molecule has 1 unspecified atom stereocenters. The number of hydrogen-bond donors (Lipinski definition) is 0. The van der Waals surface area contributed by atoms with E-state index in [9.17, 15) is 11.0 Å². The third-order valence-electron chi connectivity index (χ3n) is 22.5. The van der Waals surface area contributed by atoms with Crippen molar-refractivity contribution in [2.24, 2.45) is 0 Å². The highest BCUT2D eigenvalue weighted by molar-refractivity contribution is 6.24. The van der Waals surface area contributed by atoms with E-state index in [0.29, 0.717) is 5.69 Å². The molecule has 5 heteroatoms. The second-order valence-corrected chi connectivity index (χ2v) is 32.2. The first kappa shape index (κ1) is 56.7. The Morgan fingerprint density at radius 1 is 0.306 bits per heavy atom. The minimum Gasteiger partial charge on any atom is -0.456 e. The van der Waals surface area contributed by atoms with Gasteiger partial charge in [0.05, 0.1) is 67.2 Å². The number of rotatable bonds is 9. The molecule has 0 radical (unpaired) electrons. The second kappa shape index (κ2) is 24.4. The number of aromatic nitrogens is 2. The van der Waals surface area contributed by atoms with Crippen molar-refractivity contribution >= 4 is 99.7 Å². The lowest BCUT2D eigenvalue weighted by Gasteiger charge is -2.47. The van der Waals surface area contributed by atoms with E-state index in [4.69, 9.17) is 4.42 Å². The Hall–Kier alpha value is -12.7. The van der Waals surface area contributed by atoms with E-state index in [1.54, 1.807) is 4.57 Å². The van der Waals surface area contributed by atoms with Crippen molar-refractivity contribution in [3.8, 4) is 67.0 Å². The van der Waals surface area contributed by atoms with Crippen LogP contribution in [0.25, 0.3) is 133 Å². The Balaban J connectivity index is 1.03. The first-order chi connectivity index (χ1) is 55.8. The maximum Gasteiger partial charge on any atom is 0.136 e. The normalized spacial score (nSPS) is 14.7. The van der Waals surface area contributed by atoms with Crippen molar-refractivity contribution < 1.29 is 15.4 Å². The van der Waals surface area contributed by atoms with Gasteiger partial charge in [-0.1, -0.05) is 305 Å². The molecule has 0 spiro atoms. The third kappa shape index (κ3) is 10.2. The summed E-state index contributed by atoms with van der Waals surface area (Å²) in [5.74, 6) is -0.566. The number of fused-ring (bicyclic) bond motifs is 13. The molecule has 0 bridgehead atoms. The van der Waals surface area contributed by atoms with E-state index in [2.05, 4.69) is 344 Å². The van der Waals surface area contributed by atoms with Crippen LogP contribution in [-0.2, 0) is 16.2 Å². The molecule has 520 valence electrons. The summed E-state index contributed by atoms with van der Waals surface area (Å²) < 4.78 is 87.9. The fraction of sp³-hybridized carbons (Fsp3) is 0.126. The quantitative estimate of drug-likeness (QED) is 0.144. The number of furan rings is 1. The zero-order valence-electron chi connectivity index (χ0n) is 69.8. The summed E-state index contributed by atoms with van der Waals surface area (Å²) in [7, 11) is 0. The van der Waals surface area contributed by atoms with E-state index >= 15 is 0 Å². The first-order valence-corrected chi connectivity index (χ1v) is 37.4. The van der Waals surface area contributed by atoms with E-state index in [-0.39, 0.29) is 44.7 Å². The monoisotopic (exact) mass is 1400 g/mol. The Morgan fingerprint density at radius 3 is 1.37 bits per heavy atom. The van der Waals surface area contributed by atoms with Crippen LogP contribution in [-0.4, -0.2) is 9.13 Å². The summed E-state index contributed by atoms with van der Waals surface area (Å²) in [6, 6.07) is 97.1. The van der Waals surface area contributed by atoms with Crippen molar-refractivity contribution in [3.05, 3.63) is 361 Å². The fourth-order valence-corrected chi connectivity index (χ4v) is 17.3. The minimum absolute atomic E-state index is 0.000644. The molecule has 2 aliphatic heterocycles. The van der Waals surface area contributed by atoms with Gasteiger partial charge >= 0.3 is 0 Å². The van der Waals surface area contributed by atoms with E-state index < -0.39 is 47.6 Å². The van der Waals surface area contributed by atoms with Crippen LogP contribution in [0.2, 0.25) is 0 Å². The van der Waals surface area contributed by atoms with Crippen LogP contribution in [0, 0.1) is 0 Å². The highest BCUT2D eigenvalue weighted by atomic mass is 16.3. The smallest absolute Gasteiger partial charge is 0.136 e. The topological polar surface area (TPSA) is 29.5 Å². The molecule has 0 amide bonds. The molecule has 5 nitrogen and oxygen atoms in total. The van der Waals surface area contributed by atoms with Gasteiger partial charge in [0.15, 0.2) is 0 Å². The predicted octanol–water partition coefficient (Wildman–Crippen LogP) is 28.8. The Morgan fingerprint density at radius 2 is 0.787 bits per heavy atom. The lowest BCUT2D eigenvalue weighted by atomic mass is 9.72. The minimum atomic E-state index is -0.566. The summed E-state index contributed by atoms with van der Waals surface area (Å²) in [5, 5.41) is 4.03. The van der Waals surface area contributed by atoms with Gasteiger partial charge in [0.25, 0.3) is 0 Å². The maximum atomic E-state index is 10.0. The molecule has 0 fully saturated rings. The van der Waals surface area contributed by atoms with E-state index in [1.165, 1.54) is 11.1 Å². The first-order valence-electron chi connectivity index (χ1n) is 41.4. The van der Waals surface area contributed by atoms with Crippen LogP contribution in [0.1, 0.15) is 113 Å². The molecule has 108 heavy (non-hydrogen) atoms. The molecule has 1 atom stereocenters. The fourth-order valence-electron chi connectivity index (χ4n) is 17.3. The number of hydrogen-bond acceptors (Lipinski definition) is 3. The molecule has 20 rings (SSSR count). The van der Waals surface area contributed by atoms with Gasteiger partial charge in [-0.25, -0.2) is 0 Å². The molecule has 0 saturated heterocycles. The van der Waals surface area contributed by atoms with Crippen LogP contribution in [0.15, 0.2) is 332 Å². The highest BCUT2D eigenvalue weighted by Gasteiger charge is 2.45. The van der Waals surface area contributed by atoms with Crippen molar-refractivity contribution in [1.82, 2.24) is 9.13 Å². The Bertz CT molecular complexity index is 7060. The van der Waals surface area contributed by atoms with Gasteiger partial charge in [0.1, 0.15) is 11.2 Å². The van der Waals surface area contributed by atoms with E-state index in [0.717, 1.165) is 161 Å². The summed E-state index contributed by atoms with van der Waals surface area (Å²) in [6.07, 6.45) is 0. The number of benzene rings is 15. The summed E-state index contributed by atoms with van der Waals surface area (Å²) in [4.78, 5) is 5.09. The molecular weight excluding hydrogens is 1310 g/mol. The SMILES string of the molecule is [2H]c1c([2H])c([2H])c2c(c1[2H])c1c([2H])c([2H])c([2H])c([2H])c1n2-c1ccc2c(c1)N(c1c(-c3ccccc3)cc3c(c1-c1ccccc1)c1ccccc1n3-c1ccccc1)c1cc(C(C)(C)C)cc3c1C2c1cc(-c2cc(C(C)(C)C)cc(C(C)(C)C)c2)ccc1N3c1c(-c2ccccc2)cc2oc3ccccc3c2c1-c1ccccc1. The number of para-hydroxylation sites is 5.